The molecule has 0 fully saturated rings. The number of benzene rings is 1. The second-order valence-corrected chi connectivity index (χ2v) is 6.19. The lowest BCUT2D eigenvalue weighted by atomic mass is 9.83. The SMILES string of the molecule is CNC(c1ccc(OC)c(C(C)(C)C)c1)C(C)CN. The van der Waals surface area contributed by atoms with E-state index in [1.54, 1.807) is 7.11 Å². The normalized spacial score (nSPS) is 15.1. The zero-order chi connectivity index (χ0) is 14.6. The topological polar surface area (TPSA) is 47.3 Å². The lowest BCUT2D eigenvalue weighted by Gasteiger charge is -2.27. The number of methoxy groups -OCH3 is 1. The van der Waals surface area contributed by atoms with Crippen LogP contribution in [0.25, 0.3) is 0 Å². The van der Waals surface area contributed by atoms with Crippen molar-refractivity contribution in [2.45, 2.75) is 39.2 Å². The molecule has 1 aromatic carbocycles. The summed E-state index contributed by atoms with van der Waals surface area (Å²) in [6.07, 6.45) is 0. The summed E-state index contributed by atoms with van der Waals surface area (Å²) in [4.78, 5) is 0. The molecule has 0 radical (unpaired) electrons. The molecule has 3 N–H and O–H groups in total. The molecule has 0 aliphatic rings. The van der Waals surface area contributed by atoms with E-state index in [4.69, 9.17) is 10.5 Å². The van der Waals surface area contributed by atoms with E-state index in [2.05, 4.69) is 51.2 Å². The standard InChI is InChI=1S/C16H28N2O/c1-11(10-17)15(18-5)12-7-8-14(19-6)13(9-12)16(2,3)4/h7-9,11,15,18H,10,17H2,1-6H3. The molecule has 0 aliphatic carbocycles. The van der Waals surface area contributed by atoms with Crippen molar-refractivity contribution >= 4 is 0 Å². The molecule has 108 valence electrons. The van der Waals surface area contributed by atoms with Crippen LogP contribution in [0.1, 0.15) is 44.9 Å². The monoisotopic (exact) mass is 264 g/mol. The Morgan fingerprint density at radius 3 is 2.37 bits per heavy atom. The summed E-state index contributed by atoms with van der Waals surface area (Å²) in [6.45, 7) is 9.45. The first-order valence-corrected chi connectivity index (χ1v) is 6.90. The summed E-state index contributed by atoms with van der Waals surface area (Å²) < 4.78 is 5.48. The minimum atomic E-state index is 0.0611. The van der Waals surface area contributed by atoms with E-state index in [1.165, 1.54) is 11.1 Å². The zero-order valence-electron chi connectivity index (χ0n) is 13.1. The van der Waals surface area contributed by atoms with E-state index >= 15 is 0 Å². The fraction of sp³-hybridized carbons (Fsp3) is 0.625. The van der Waals surface area contributed by atoms with Gasteiger partial charge in [0.15, 0.2) is 0 Å². The van der Waals surface area contributed by atoms with E-state index in [0.717, 1.165) is 5.75 Å². The number of ether oxygens (including phenoxy) is 1. The van der Waals surface area contributed by atoms with Crippen LogP contribution in [0.2, 0.25) is 0 Å². The molecular formula is C16H28N2O. The van der Waals surface area contributed by atoms with Gasteiger partial charge in [-0.3, -0.25) is 0 Å². The number of hydrogen-bond donors (Lipinski definition) is 2. The lowest BCUT2D eigenvalue weighted by Crippen LogP contribution is -2.29. The van der Waals surface area contributed by atoms with Crippen LogP contribution in [-0.2, 0) is 5.41 Å². The van der Waals surface area contributed by atoms with Gasteiger partial charge in [0.25, 0.3) is 0 Å². The Labute approximate surface area is 117 Å². The van der Waals surface area contributed by atoms with Crippen LogP contribution in [0.3, 0.4) is 0 Å². The van der Waals surface area contributed by atoms with Crippen molar-refractivity contribution in [2.75, 3.05) is 20.7 Å². The first-order chi connectivity index (χ1) is 8.85. The molecule has 1 aromatic rings. The second-order valence-electron chi connectivity index (χ2n) is 6.19. The molecule has 0 aliphatic heterocycles. The Morgan fingerprint density at radius 1 is 1.32 bits per heavy atom. The highest BCUT2D eigenvalue weighted by molar-refractivity contribution is 5.42. The summed E-state index contributed by atoms with van der Waals surface area (Å²) in [5.74, 6) is 1.35. The van der Waals surface area contributed by atoms with Gasteiger partial charge in [0.1, 0.15) is 5.75 Å². The quantitative estimate of drug-likeness (QED) is 0.859. The van der Waals surface area contributed by atoms with Crippen molar-refractivity contribution in [1.29, 1.82) is 0 Å². The average Bonchev–Trinajstić information content (AvgIpc) is 2.38. The highest BCUT2D eigenvalue weighted by Gasteiger charge is 2.22. The third-order valence-electron chi connectivity index (χ3n) is 3.64. The van der Waals surface area contributed by atoms with Gasteiger partial charge >= 0.3 is 0 Å². The molecule has 0 amide bonds. The minimum absolute atomic E-state index is 0.0611. The molecule has 0 spiro atoms. The average molecular weight is 264 g/mol. The van der Waals surface area contributed by atoms with Crippen molar-refractivity contribution in [1.82, 2.24) is 5.32 Å². The number of rotatable bonds is 5. The van der Waals surface area contributed by atoms with Crippen molar-refractivity contribution in [3.8, 4) is 5.75 Å². The van der Waals surface area contributed by atoms with Crippen LogP contribution >= 0.6 is 0 Å². The maximum Gasteiger partial charge on any atom is 0.122 e. The first kappa shape index (κ1) is 16.0. The van der Waals surface area contributed by atoms with Crippen LogP contribution in [-0.4, -0.2) is 20.7 Å². The molecule has 0 heterocycles. The van der Waals surface area contributed by atoms with Crippen molar-refractivity contribution < 1.29 is 4.74 Å². The van der Waals surface area contributed by atoms with E-state index in [1.807, 2.05) is 7.05 Å². The van der Waals surface area contributed by atoms with E-state index < -0.39 is 0 Å². The van der Waals surface area contributed by atoms with Gasteiger partial charge in [0.2, 0.25) is 0 Å². The third kappa shape index (κ3) is 3.71. The van der Waals surface area contributed by atoms with Crippen LogP contribution in [0, 0.1) is 5.92 Å². The van der Waals surface area contributed by atoms with Gasteiger partial charge in [-0.15, -0.1) is 0 Å². The fourth-order valence-electron chi connectivity index (χ4n) is 2.42. The molecule has 0 saturated heterocycles. The molecule has 3 heteroatoms. The summed E-state index contributed by atoms with van der Waals surface area (Å²) in [5, 5.41) is 3.36. The van der Waals surface area contributed by atoms with Crippen LogP contribution in [0.5, 0.6) is 5.75 Å². The van der Waals surface area contributed by atoms with Gasteiger partial charge < -0.3 is 15.8 Å². The first-order valence-electron chi connectivity index (χ1n) is 6.90. The van der Waals surface area contributed by atoms with Crippen LogP contribution < -0.4 is 15.8 Å². The van der Waals surface area contributed by atoms with E-state index in [9.17, 15) is 0 Å². The molecule has 2 atom stereocenters. The Kier molecular flexibility index (Phi) is 5.39. The molecule has 1 rings (SSSR count). The molecule has 0 saturated carbocycles. The molecule has 3 nitrogen and oxygen atoms in total. The Hall–Kier alpha value is -1.06. The molecule has 0 aromatic heterocycles. The van der Waals surface area contributed by atoms with Gasteiger partial charge in [-0.25, -0.2) is 0 Å². The maximum atomic E-state index is 5.80. The van der Waals surface area contributed by atoms with Gasteiger partial charge in [0, 0.05) is 6.04 Å². The summed E-state index contributed by atoms with van der Waals surface area (Å²) >= 11 is 0. The van der Waals surface area contributed by atoms with E-state index in [-0.39, 0.29) is 11.5 Å². The minimum Gasteiger partial charge on any atom is -0.496 e. The van der Waals surface area contributed by atoms with Gasteiger partial charge in [-0.05, 0) is 48.2 Å². The zero-order valence-corrected chi connectivity index (χ0v) is 13.1. The maximum absolute atomic E-state index is 5.80. The fourth-order valence-corrected chi connectivity index (χ4v) is 2.42. The van der Waals surface area contributed by atoms with Crippen LogP contribution in [0.15, 0.2) is 18.2 Å². The van der Waals surface area contributed by atoms with Crippen molar-refractivity contribution in [3.05, 3.63) is 29.3 Å². The summed E-state index contributed by atoms with van der Waals surface area (Å²) in [5.41, 5.74) is 8.37. The van der Waals surface area contributed by atoms with Crippen molar-refractivity contribution in [3.63, 3.8) is 0 Å². The summed E-state index contributed by atoms with van der Waals surface area (Å²) in [6, 6.07) is 6.70. The Bertz CT molecular complexity index is 410. The predicted molar refractivity (Wildman–Crippen MR) is 81.7 cm³/mol. The Morgan fingerprint density at radius 2 is 1.95 bits per heavy atom. The van der Waals surface area contributed by atoms with Crippen molar-refractivity contribution in [2.24, 2.45) is 11.7 Å². The smallest absolute Gasteiger partial charge is 0.122 e. The molecular weight excluding hydrogens is 236 g/mol. The van der Waals surface area contributed by atoms with E-state index in [0.29, 0.717) is 12.5 Å². The van der Waals surface area contributed by atoms with Gasteiger partial charge in [-0.2, -0.15) is 0 Å². The summed E-state index contributed by atoms with van der Waals surface area (Å²) in [7, 11) is 3.71. The molecule has 0 bridgehead atoms. The molecule has 2 unspecified atom stereocenters. The van der Waals surface area contributed by atoms with Crippen LogP contribution in [0.4, 0.5) is 0 Å². The largest absolute Gasteiger partial charge is 0.496 e. The highest BCUT2D eigenvalue weighted by atomic mass is 16.5. The van der Waals surface area contributed by atoms with Gasteiger partial charge in [-0.1, -0.05) is 33.8 Å². The number of hydrogen-bond acceptors (Lipinski definition) is 3. The molecule has 19 heavy (non-hydrogen) atoms. The third-order valence-corrected chi connectivity index (χ3v) is 3.64. The Balaban J connectivity index is 3.24. The highest BCUT2D eigenvalue weighted by Crippen LogP contribution is 2.34. The second kappa shape index (κ2) is 6.40. The predicted octanol–water partition coefficient (Wildman–Crippen LogP) is 2.85. The lowest BCUT2D eigenvalue weighted by molar-refractivity contribution is 0.393. The number of nitrogens with two attached hydrogens (primary N) is 1. The van der Waals surface area contributed by atoms with Gasteiger partial charge in [0.05, 0.1) is 7.11 Å². The number of nitrogens with one attached hydrogen (secondary N) is 1.